The smallest absolute Gasteiger partial charge is 0.327 e. The highest BCUT2D eigenvalue weighted by Crippen LogP contribution is 2.27. The van der Waals surface area contributed by atoms with Crippen molar-refractivity contribution in [1.82, 2.24) is 9.29 Å². The number of carboxylic acids is 1. The van der Waals surface area contributed by atoms with Gasteiger partial charge in [0.05, 0.1) is 10.5 Å². The Morgan fingerprint density at radius 1 is 1.15 bits per heavy atom. The zero-order valence-electron chi connectivity index (χ0n) is 14.4. The Kier molecular flexibility index (Phi) is 4.90. The predicted octanol–water partition coefficient (Wildman–Crippen LogP) is 2.42. The quantitative estimate of drug-likeness (QED) is 0.713. The molecule has 0 spiro atoms. The van der Waals surface area contributed by atoms with E-state index in [9.17, 15) is 23.1 Å². The Balaban J connectivity index is 2.37. The molecule has 0 saturated carbocycles. The number of hydrogen-bond acceptors (Lipinski definition) is 5. The highest BCUT2D eigenvalue weighted by atomic mass is 35.5. The maximum atomic E-state index is 13.0. The molecule has 1 aromatic heterocycles. The lowest BCUT2D eigenvalue weighted by atomic mass is 10.1. The molecule has 0 amide bonds. The molecule has 0 bridgehead atoms. The molecule has 9 heteroatoms. The van der Waals surface area contributed by atoms with Crippen molar-refractivity contribution < 1.29 is 18.3 Å². The minimum atomic E-state index is -4.14. The minimum absolute atomic E-state index is 0.00450. The second-order valence-electron chi connectivity index (χ2n) is 6.14. The number of nitrogens with zero attached hydrogens (tertiary/aromatic N) is 2. The lowest BCUT2D eigenvalue weighted by molar-refractivity contribution is -0.136. The van der Waals surface area contributed by atoms with Gasteiger partial charge in [-0.15, -0.1) is 0 Å². The first kappa shape index (κ1) is 19.2. The molecular weight excluding hydrogens is 392 g/mol. The molecule has 0 saturated heterocycles. The number of fused-ring (bicyclic) bond motifs is 2. The minimum Gasteiger partial charge on any atom is -0.480 e. The average molecular weight is 407 g/mol. The fraction of sp³-hybridized carbons (Fsp3) is 0.167. The van der Waals surface area contributed by atoms with Crippen LogP contribution in [0.5, 0.6) is 0 Å². The summed E-state index contributed by atoms with van der Waals surface area (Å²) in [5.74, 6) is -1.52. The number of carboxylic acid groups (broad SMARTS) is 1. The van der Waals surface area contributed by atoms with E-state index in [-0.39, 0.29) is 21.4 Å². The zero-order chi connectivity index (χ0) is 19.9. The predicted molar refractivity (Wildman–Crippen MR) is 104 cm³/mol. The van der Waals surface area contributed by atoms with Gasteiger partial charge in [-0.3, -0.25) is 14.6 Å². The number of aliphatic carboxylic acids is 1. The number of benzene rings is 1. The van der Waals surface area contributed by atoms with Crippen LogP contribution >= 0.6 is 11.6 Å². The highest BCUT2D eigenvalue weighted by Gasteiger charge is 2.36. The summed E-state index contributed by atoms with van der Waals surface area (Å²) in [6.45, 7) is 0. The lowest BCUT2D eigenvalue weighted by Crippen LogP contribution is -2.32. The monoisotopic (exact) mass is 406 g/mol. The van der Waals surface area contributed by atoms with Crippen LogP contribution in [0.1, 0.15) is 10.8 Å². The van der Waals surface area contributed by atoms with E-state index in [0.717, 1.165) is 4.31 Å². The third-order valence-electron chi connectivity index (χ3n) is 4.21. The molecule has 7 nitrogen and oxygen atoms in total. The topological polar surface area (TPSA) is 105 Å². The summed E-state index contributed by atoms with van der Waals surface area (Å²) in [4.78, 5) is 28.8. The molecule has 2 aromatic carbocycles. The van der Waals surface area contributed by atoms with Gasteiger partial charge in [0.25, 0.3) is 0 Å². The molecule has 0 aliphatic heterocycles. The van der Waals surface area contributed by atoms with Crippen molar-refractivity contribution in [3.8, 4) is 0 Å². The van der Waals surface area contributed by atoms with E-state index >= 15 is 0 Å². The number of aromatic nitrogens is 1. The fourth-order valence-corrected chi connectivity index (χ4v) is 4.13. The Labute approximate surface area is 159 Å². The second kappa shape index (κ2) is 6.88. The molecule has 1 N–H and O–H groups in total. The van der Waals surface area contributed by atoms with Crippen LogP contribution in [0.4, 0.5) is 0 Å². The van der Waals surface area contributed by atoms with Crippen LogP contribution < -0.4 is 5.43 Å². The molecule has 27 heavy (non-hydrogen) atoms. The standard InChI is InChI=1S/C18H15ClN2O5S/c1-21(2)27(25,26)17(18(23)24)11-4-3-10-5-6-15-14(8-12(19)9-20-15)16(22)13(10)7-11/h3-9,17H,1-2H3,(H,23,24). The van der Waals surface area contributed by atoms with Crippen LogP contribution in [-0.4, -0.2) is 42.9 Å². The van der Waals surface area contributed by atoms with Crippen molar-refractivity contribution in [2.45, 2.75) is 5.25 Å². The van der Waals surface area contributed by atoms with E-state index < -0.39 is 26.7 Å². The summed E-state index contributed by atoms with van der Waals surface area (Å²) in [5.41, 5.74) is 0.0150. The van der Waals surface area contributed by atoms with Gasteiger partial charge in [0, 0.05) is 31.1 Å². The van der Waals surface area contributed by atoms with Gasteiger partial charge < -0.3 is 5.11 Å². The molecule has 0 radical (unpaired) electrons. The number of sulfonamides is 1. The highest BCUT2D eigenvalue weighted by molar-refractivity contribution is 7.90. The summed E-state index contributed by atoms with van der Waals surface area (Å²) in [5, 5.41) is 8.94. The Hall–Kier alpha value is -2.55. The van der Waals surface area contributed by atoms with Gasteiger partial charge in [-0.05, 0) is 29.1 Å². The van der Waals surface area contributed by atoms with E-state index in [2.05, 4.69) is 4.98 Å². The van der Waals surface area contributed by atoms with Crippen LogP contribution in [0, 0.1) is 0 Å². The first-order chi connectivity index (χ1) is 12.6. The maximum Gasteiger partial charge on any atom is 0.327 e. The van der Waals surface area contributed by atoms with E-state index in [1.165, 1.54) is 44.6 Å². The van der Waals surface area contributed by atoms with E-state index in [1.54, 1.807) is 12.1 Å². The van der Waals surface area contributed by atoms with E-state index in [0.29, 0.717) is 10.9 Å². The van der Waals surface area contributed by atoms with Crippen LogP contribution in [-0.2, 0) is 14.8 Å². The van der Waals surface area contributed by atoms with Crippen molar-refractivity contribution in [3.05, 3.63) is 63.4 Å². The Morgan fingerprint density at radius 3 is 2.44 bits per heavy atom. The van der Waals surface area contributed by atoms with Crippen LogP contribution in [0.25, 0.3) is 21.7 Å². The van der Waals surface area contributed by atoms with Crippen LogP contribution in [0.2, 0.25) is 5.02 Å². The van der Waals surface area contributed by atoms with E-state index in [4.69, 9.17) is 11.6 Å². The van der Waals surface area contributed by atoms with Gasteiger partial charge in [0.1, 0.15) is 0 Å². The molecule has 3 rings (SSSR count). The molecule has 1 atom stereocenters. The first-order valence-electron chi connectivity index (χ1n) is 7.79. The average Bonchev–Trinajstić information content (AvgIpc) is 2.72. The van der Waals surface area contributed by atoms with Gasteiger partial charge in [-0.25, -0.2) is 12.7 Å². The van der Waals surface area contributed by atoms with Gasteiger partial charge in [-0.1, -0.05) is 29.8 Å². The van der Waals surface area contributed by atoms with Gasteiger partial charge >= 0.3 is 5.97 Å². The summed E-state index contributed by atoms with van der Waals surface area (Å²) in [6.07, 6.45) is 1.42. The van der Waals surface area contributed by atoms with Crippen LogP contribution in [0.15, 0.2) is 47.4 Å². The first-order valence-corrected chi connectivity index (χ1v) is 9.67. The molecule has 1 unspecified atom stereocenters. The summed E-state index contributed by atoms with van der Waals surface area (Å²) >= 11 is 5.94. The van der Waals surface area contributed by atoms with E-state index in [1.807, 2.05) is 0 Å². The molecule has 0 fully saturated rings. The largest absolute Gasteiger partial charge is 0.480 e. The van der Waals surface area contributed by atoms with Crippen molar-refractivity contribution in [1.29, 1.82) is 0 Å². The number of halogens is 1. The van der Waals surface area contributed by atoms with Crippen LogP contribution in [0.3, 0.4) is 0 Å². The molecule has 140 valence electrons. The van der Waals surface area contributed by atoms with Gasteiger partial charge in [0.2, 0.25) is 10.0 Å². The number of carbonyl (C=O) groups is 1. The van der Waals surface area contributed by atoms with Gasteiger partial charge in [-0.2, -0.15) is 0 Å². The molecule has 0 aliphatic rings. The zero-order valence-corrected chi connectivity index (χ0v) is 16.0. The van der Waals surface area contributed by atoms with Crippen molar-refractivity contribution in [2.24, 2.45) is 0 Å². The summed E-state index contributed by atoms with van der Waals surface area (Å²) in [7, 11) is -1.63. The molecule has 1 heterocycles. The number of pyridine rings is 1. The summed E-state index contributed by atoms with van der Waals surface area (Å²) < 4.78 is 25.7. The maximum absolute atomic E-state index is 13.0. The fourth-order valence-electron chi connectivity index (χ4n) is 2.81. The van der Waals surface area contributed by atoms with Crippen molar-refractivity contribution in [2.75, 3.05) is 14.1 Å². The lowest BCUT2D eigenvalue weighted by Gasteiger charge is -2.18. The SMILES string of the molecule is CN(C)S(=O)(=O)C(C(=O)O)c1ccc2ccc3ncc(Cl)cc3c(=O)c2c1. The Bertz CT molecular complexity index is 1240. The number of hydrogen-bond donors (Lipinski definition) is 1. The molecule has 3 aromatic rings. The molecular formula is C18H15ClN2O5S. The van der Waals surface area contributed by atoms with Crippen molar-refractivity contribution >= 4 is 49.3 Å². The number of rotatable bonds is 4. The normalized spacial score (nSPS) is 13.2. The van der Waals surface area contributed by atoms with Crippen molar-refractivity contribution in [3.63, 3.8) is 0 Å². The van der Waals surface area contributed by atoms with Gasteiger partial charge in [0.15, 0.2) is 10.7 Å². The summed E-state index contributed by atoms with van der Waals surface area (Å²) in [6, 6.07) is 9.02. The Morgan fingerprint density at radius 2 is 1.81 bits per heavy atom. The third-order valence-corrected chi connectivity index (χ3v) is 6.50. The molecule has 0 aliphatic carbocycles. The second-order valence-corrected chi connectivity index (χ2v) is 8.81. The third kappa shape index (κ3) is 3.39.